The first kappa shape index (κ1) is 22.8. The Morgan fingerprint density at radius 3 is 2.47 bits per heavy atom. The second kappa shape index (κ2) is 8.54. The number of piperidine rings is 1. The normalized spacial score (nSPS) is 31.8. The first-order valence-corrected chi connectivity index (χ1v) is 11.0. The molecule has 8 heteroatoms. The summed E-state index contributed by atoms with van der Waals surface area (Å²) in [6, 6.07) is 4.47. The zero-order valence-corrected chi connectivity index (χ0v) is 18.0. The molecule has 0 bridgehead atoms. The van der Waals surface area contributed by atoms with Gasteiger partial charge in [-0.1, -0.05) is 25.1 Å². The molecule has 0 saturated carbocycles. The van der Waals surface area contributed by atoms with Crippen LogP contribution in [0.3, 0.4) is 0 Å². The summed E-state index contributed by atoms with van der Waals surface area (Å²) in [5, 5.41) is 9.58. The Labute approximate surface area is 185 Å². The van der Waals surface area contributed by atoms with Crippen LogP contribution in [-0.2, 0) is 17.5 Å². The van der Waals surface area contributed by atoms with E-state index in [4.69, 9.17) is 0 Å². The number of carbonyl (C=O) groups excluding carboxylic acids is 1. The largest absolute Gasteiger partial charge is 0.508 e. The van der Waals surface area contributed by atoms with Crippen LogP contribution in [0.25, 0.3) is 0 Å². The van der Waals surface area contributed by atoms with Crippen LogP contribution < -0.4 is 0 Å². The van der Waals surface area contributed by atoms with Crippen LogP contribution >= 0.6 is 0 Å². The molecular weight excluding hydrogens is 424 g/mol. The van der Waals surface area contributed by atoms with Crippen molar-refractivity contribution in [2.45, 2.75) is 51.1 Å². The summed E-state index contributed by atoms with van der Waals surface area (Å²) < 4.78 is 53.4. The van der Waals surface area contributed by atoms with Gasteiger partial charge in [0.2, 0.25) is 5.91 Å². The zero-order chi connectivity index (χ0) is 23.1. The third-order valence-corrected chi connectivity index (χ3v) is 7.17. The minimum absolute atomic E-state index is 0.0906. The minimum atomic E-state index is -4.39. The number of aliphatic hydroxyl groups excluding tert-OH is 1. The van der Waals surface area contributed by atoms with E-state index in [1.165, 1.54) is 12.1 Å². The second-order valence-electron chi connectivity index (χ2n) is 9.34. The number of aliphatic hydroxyl groups is 1. The summed E-state index contributed by atoms with van der Waals surface area (Å²) in [7, 11) is 0. The molecule has 4 nitrogen and oxygen atoms in total. The van der Waals surface area contributed by atoms with Gasteiger partial charge < -0.3 is 10.0 Å². The number of hydrogen-bond acceptors (Lipinski definition) is 3. The van der Waals surface area contributed by atoms with Gasteiger partial charge in [0.15, 0.2) is 0 Å². The van der Waals surface area contributed by atoms with Gasteiger partial charge in [-0.15, -0.1) is 0 Å². The minimum Gasteiger partial charge on any atom is -0.508 e. The van der Waals surface area contributed by atoms with E-state index in [1.807, 2.05) is 17.9 Å². The van der Waals surface area contributed by atoms with E-state index in [0.29, 0.717) is 37.9 Å². The highest BCUT2D eigenvalue weighted by molar-refractivity contribution is 5.84. The molecule has 2 fully saturated rings. The summed E-state index contributed by atoms with van der Waals surface area (Å²) >= 11 is 0. The number of amides is 1. The van der Waals surface area contributed by atoms with Crippen molar-refractivity contribution in [1.29, 1.82) is 0 Å². The van der Waals surface area contributed by atoms with Crippen molar-refractivity contribution in [1.82, 2.24) is 9.80 Å². The number of allylic oxidation sites excluding steroid dienone is 3. The van der Waals surface area contributed by atoms with Gasteiger partial charge in [-0.05, 0) is 61.1 Å². The lowest BCUT2D eigenvalue weighted by atomic mass is 9.68. The molecule has 4 atom stereocenters. The predicted molar refractivity (Wildman–Crippen MR) is 112 cm³/mol. The van der Waals surface area contributed by atoms with Gasteiger partial charge in [0, 0.05) is 25.6 Å². The molecule has 0 spiro atoms. The van der Waals surface area contributed by atoms with E-state index in [9.17, 15) is 23.1 Å². The topological polar surface area (TPSA) is 43.8 Å². The number of alkyl halides is 4. The molecule has 2 heterocycles. The first-order valence-electron chi connectivity index (χ1n) is 11.0. The van der Waals surface area contributed by atoms with Gasteiger partial charge in [0.1, 0.15) is 11.9 Å². The first-order chi connectivity index (χ1) is 15.1. The number of likely N-dealkylation sites (tertiary alicyclic amines) is 2. The van der Waals surface area contributed by atoms with Gasteiger partial charge in [0.25, 0.3) is 0 Å². The number of benzene rings is 1. The lowest BCUT2D eigenvalue weighted by Crippen LogP contribution is -2.52. The van der Waals surface area contributed by atoms with Crippen LogP contribution in [0.15, 0.2) is 48.3 Å². The van der Waals surface area contributed by atoms with E-state index in [0.717, 1.165) is 12.1 Å². The Morgan fingerprint density at radius 2 is 1.88 bits per heavy atom. The molecule has 1 unspecified atom stereocenters. The summed E-state index contributed by atoms with van der Waals surface area (Å²) in [5.74, 6) is -0.0636. The number of nitrogens with zero attached hydrogens (tertiary/aromatic N) is 2. The molecule has 4 rings (SSSR count). The number of hydrogen-bond donors (Lipinski definition) is 1. The van der Waals surface area contributed by atoms with Gasteiger partial charge in [-0.2, -0.15) is 13.2 Å². The molecule has 32 heavy (non-hydrogen) atoms. The second-order valence-corrected chi connectivity index (χ2v) is 9.34. The van der Waals surface area contributed by atoms with E-state index < -0.39 is 17.9 Å². The Hall–Kier alpha value is -2.35. The van der Waals surface area contributed by atoms with Crippen LogP contribution in [0.4, 0.5) is 17.6 Å². The van der Waals surface area contributed by atoms with Crippen LogP contribution in [0.5, 0.6) is 0 Å². The Balaban J connectivity index is 1.35. The molecule has 1 amide bonds. The monoisotopic (exact) mass is 452 g/mol. The maximum absolute atomic E-state index is 15.2. The molecule has 1 aromatic rings. The fourth-order valence-corrected chi connectivity index (χ4v) is 5.20. The SMILES string of the molecule is CC1([C@@H]2CCN([C@H]3CCN(Cc4ccc(C(F)(F)F)cc4)C3=O)C[C@H]2F)C=CC(O)=CC1. The number of carbonyl (C=O) groups is 1. The summed E-state index contributed by atoms with van der Waals surface area (Å²) in [4.78, 5) is 16.5. The molecular formula is C24H28F4N2O2. The molecule has 174 valence electrons. The van der Waals surface area contributed by atoms with Gasteiger partial charge in [-0.25, -0.2) is 4.39 Å². The third-order valence-electron chi connectivity index (χ3n) is 7.17. The molecule has 2 aliphatic heterocycles. The van der Waals surface area contributed by atoms with Crippen molar-refractivity contribution >= 4 is 5.91 Å². The lowest BCUT2D eigenvalue weighted by Gasteiger charge is -2.44. The molecule has 0 radical (unpaired) electrons. The summed E-state index contributed by atoms with van der Waals surface area (Å²) in [6.45, 7) is 3.57. The highest BCUT2D eigenvalue weighted by Crippen LogP contribution is 2.43. The van der Waals surface area contributed by atoms with Gasteiger partial charge in [0.05, 0.1) is 11.6 Å². The molecule has 3 aliphatic rings. The van der Waals surface area contributed by atoms with Crippen LogP contribution in [0.2, 0.25) is 0 Å². The van der Waals surface area contributed by atoms with E-state index in [1.54, 1.807) is 17.1 Å². The third kappa shape index (κ3) is 4.56. The summed E-state index contributed by atoms with van der Waals surface area (Å²) in [5.41, 5.74) is -0.426. The standard InChI is InChI=1S/C24H28F4N2O2/c1-23(10-6-18(31)7-11-23)19-8-12-29(15-20(19)25)21-9-13-30(22(21)32)14-16-2-4-17(5-3-16)24(26,27)28/h2-7,10,19-21,31H,8-9,11-15H2,1H3/t19-,20-,21+,23?/m1/s1. The molecule has 1 aromatic carbocycles. The highest BCUT2D eigenvalue weighted by Gasteiger charge is 2.45. The smallest absolute Gasteiger partial charge is 0.416 e. The van der Waals surface area contributed by atoms with Gasteiger partial charge >= 0.3 is 6.18 Å². The predicted octanol–water partition coefficient (Wildman–Crippen LogP) is 4.87. The molecule has 1 N–H and O–H groups in total. The maximum Gasteiger partial charge on any atom is 0.416 e. The van der Waals surface area contributed by atoms with E-state index in [-0.39, 0.29) is 42.1 Å². The van der Waals surface area contributed by atoms with Crippen LogP contribution in [0.1, 0.15) is 37.3 Å². The Morgan fingerprint density at radius 1 is 1.16 bits per heavy atom. The van der Waals surface area contributed by atoms with Crippen molar-refractivity contribution < 1.29 is 27.5 Å². The quantitative estimate of drug-likeness (QED) is 0.663. The lowest BCUT2D eigenvalue weighted by molar-refractivity contribution is -0.137. The average Bonchev–Trinajstić information content (AvgIpc) is 3.10. The number of halogens is 4. The average molecular weight is 452 g/mol. The zero-order valence-electron chi connectivity index (χ0n) is 18.0. The van der Waals surface area contributed by atoms with Gasteiger partial charge in [-0.3, -0.25) is 9.69 Å². The Bertz CT molecular complexity index is 912. The van der Waals surface area contributed by atoms with Crippen molar-refractivity contribution in [3.05, 3.63) is 59.4 Å². The van der Waals surface area contributed by atoms with Crippen LogP contribution in [0, 0.1) is 11.3 Å². The van der Waals surface area contributed by atoms with E-state index >= 15 is 4.39 Å². The number of rotatable bonds is 4. The molecule has 0 aromatic heterocycles. The van der Waals surface area contributed by atoms with E-state index in [2.05, 4.69) is 0 Å². The van der Waals surface area contributed by atoms with Crippen molar-refractivity contribution in [3.8, 4) is 0 Å². The van der Waals surface area contributed by atoms with Crippen molar-refractivity contribution in [2.75, 3.05) is 19.6 Å². The maximum atomic E-state index is 15.2. The fraction of sp³-hybridized carbons (Fsp3) is 0.542. The Kier molecular flexibility index (Phi) is 6.09. The van der Waals surface area contributed by atoms with Crippen molar-refractivity contribution in [3.63, 3.8) is 0 Å². The fourth-order valence-electron chi connectivity index (χ4n) is 5.20. The molecule has 1 aliphatic carbocycles. The molecule has 2 saturated heterocycles. The highest BCUT2D eigenvalue weighted by atomic mass is 19.4. The summed E-state index contributed by atoms with van der Waals surface area (Å²) in [6.07, 6.45) is 1.57. The van der Waals surface area contributed by atoms with Crippen molar-refractivity contribution in [2.24, 2.45) is 11.3 Å². The van der Waals surface area contributed by atoms with Crippen LogP contribution in [-0.4, -0.2) is 52.7 Å².